The Morgan fingerprint density at radius 3 is 2.00 bits per heavy atom. The average Bonchev–Trinajstić information content (AvgIpc) is 1.36. The van der Waals surface area contributed by atoms with Gasteiger partial charge in [-0.05, 0) is 13.8 Å². The Labute approximate surface area is 43.0 Å². The molecule has 0 aromatic rings. The van der Waals surface area contributed by atoms with E-state index in [0.717, 1.165) is 0 Å². The van der Waals surface area contributed by atoms with Gasteiger partial charge in [0.05, 0.1) is 0 Å². The molecule has 1 nitrogen and oxygen atoms in total. The summed E-state index contributed by atoms with van der Waals surface area (Å²) in [6, 6.07) is 0. The summed E-state index contributed by atoms with van der Waals surface area (Å²) >= 11 is 4.51. The topological polar surface area (TPSA) is 19.9 Å². The van der Waals surface area contributed by atoms with E-state index >= 15 is 0 Å². The minimum Gasteiger partial charge on any atom is -0.228 e. The van der Waals surface area contributed by atoms with Crippen LogP contribution in [0.4, 0.5) is 0 Å². The molecule has 35 valence electrons. The lowest BCUT2D eigenvalue weighted by atomic mass is 10.3. The molecule has 0 aliphatic rings. The highest BCUT2D eigenvalue weighted by atomic mass is 32.1. The zero-order valence-corrected chi connectivity index (χ0v) is 4.71. The summed E-state index contributed by atoms with van der Waals surface area (Å²) in [5.74, 6) is 0. The molecule has 6 heavy (non-hydrogen) atoms. The van der Waals surface area contributed by atoms with Gasteiger partial charge >= 0.3 is 0 Å². The van der Waals surface area contributed by atoms with Crippen LogP contribution in [0.15, 0.2) is 0 Å². The molecule has 0 aromatic heterocycles. The summed E-state index contributed by atoms with van der Waals surface area (Å²) in [6.45, 7) is 3.20. The quantitative estimate of drug-likeness (QED) is 0.456. The Kier molecular flexibility index (Phi) is 2.28. The predicted octanol–water partition coefficient (Wildman–Crippen LogP) is 1.20. The van der Waals surface area contributed by atoms with Gasteiger partial charge in [-0.2, -0.15) is 0 Å². The number of thiocarbonyl (C=S) groups is 1. The minimum absolute atomic E-state index is 0.537. The van der Waals surface area contributed by atoms with E-state index in [4.69, 9.17) is 0 Å². The highest BCUT2D eigenvalue weighted by Crippen LogP contribution is 1.83. The highest BCUT2D eigenvalue weighted by Gasteiger charge is 1.95. The van der Waals surface area contributed by atoms with E-state index in [-0.39, 0.29) is 0 Å². The molecule has 0 bridgehead atoms. The maximum absolute atomic E-state index is 10.1. The van der Waals surface area contributed by atoms with Crippen LogP contribution in [0.3, 0.4) is 0 Å². The summed E-state index contributed by atoms with van der Waals surface area (Å²) in [5, 5.41) is 10.1. The van der Waals surface area contributed by atoms with E-state index in [1.165, 1.54) is 0 Å². The van der Waals surface area contributed by atoms with Gasteiger partial charge in [-0.25, -0.2) is 5.11 Å². The van der Waals surface area contributed by atoms with Crippen molar-refractivity contribution in [2.75, 3.05) is 0 Å². The molecule has 0 amide bonds. The van der Waals surface area contributed by atoms with Crippen LogP contribution in [0.1, 0.15) is 13.8 Å². The second kappa shape index (κ2) is 2.26. The molecule has 1 atom stereocenters. The fourth-order valence-electron chi connectivity index (χ4n) is 0. The molecule has 1 radical (unpaired) electrons. The fourth-order valence-corrected chi connectivity index (χ4v) is 0. The number of hydrogen-bond donors (Lipinski definition) is 0. The Morgan fingerprint density at radius 2 is 2.00 bits per heavy atom. The summed E-state index contributed by atoms with van der Waals surface area (Å²) in [6.07, 6.45) is -0.667. The molecule has 2 heteroatoms. The van der Waals surface area contributed by atoms with E-state index < -0.39 is 6.10 Å². The van der Waals surface area contributed by atoms with Crippen molar-refractivity contribution in [3.8, 4) is 0 Å². The first-order valence-corrected chi connectivity index (χ1v) is 2.21. The molecule has 0 aliphatic heterocycles. The lowest BCUT2D eigenvalue weighted by molar-refractivity contribution is 0.164. The number of hydrogen-bond acceptors (Lipinski definition) is 1. The van der Waals surface area contributed by atoms with Gasteiger partial charge in [0, 0.05) is 4.86 Å². The molecule has 0 aromatic carbocycles. The van der Waals surface area contributed by atoms with Crippen LogP contribution in [0.25, 0.3) is 0 Å². The van der Waals surface area contributed by atoms with Crippen molar-refractivity contribution in [2.45, 2.75) is 20.0 Å². The SMILES string of the molecule is CC(=S)C(C)[O]. The van der Waals surface area contributed by atoms with Crippen molar-refractivity contribution in [3.63, 3.8) is 0 Å². The van der Waals surface area contributed by atoms with Gasteiger partial charge in [-0.1, -0.05) is 12.2 Å². The average molecular weight is 103 g/mol. The zero-order valence-electron chi connectivity index (χ0n) is 3.89. The third kappa shape index (κ3) is 2.30. The molecule has 1 unspecified atom stereocenters. The predicted molar refractivity (Wildman–Crippen MR) is 28.4 cm³/mol. The van der Waals surface area contributed by atoms with Crippen LogP contribution in [-0.2, 0) is 5.11 Å². The highest BCUT2D eigenvalue weighted by molar-refractivity contribution is 7.80. The molecular weight excluding hydrogens is 96.1 g/mol. The zero-order chi connectivity index (χ0) is 5.15. The van der Waals surface area contributed by atoms with Crippen LogP contribution in [0, 0.1) is 0 Å². The van der Waals surface area contributed by atoms with Gasteiger partial charge in [0.15, 0.2) is 0 Å². The minimum atomic E-state index is -0.667. The van der Waals surface area contributed by atoms with E-state index in [2.05, 4.69) is 12.2 Å². The lowest BCUT2D eigenvalue weighted by Crippen LogP contribution is -2.05. The summed E-state index contributed by atoms with van der Waals surface area (Å²) in [5.41, 5.74) is 0. The maximum atomic E-state index is 10.1. The smallest absolute Gasteiger partial charge is 0.121 e. The Hall–Kier alpha value is 0.0500. The first kappa shape index (κ1) is 6.05. The summed E-state index contributed by atoms with van der Waals surface area (Å²) in [4.78, 5) is 0.537. The van der Waals surface area contributed by atoms with Gasteiger partial charge in [-0.3, -0.25) is 0 Å². The van der Waals surface area contributed by atoms with Crippen molar-refractivity contribution < 1.29 is 5.11 Å². The lowest BCUT2D eigenvalue weighted by Gasteiger charge is -1.90. The Morgan fingerprint density at radius 1 is 1.83 bits per heavy atom. The van der Waals surface area contributed by atoms with E-state index in [9.17, 15) is 5.11 Å². The second-order valence-corrected chi connectivity index (χ2v) is 1.90. The largest absolute Gasteiger partial charge is 0.228 e. The molecule has 0 aliphatic carbocycles. The van der Waals surface area contributed by atoms with Crippen LogP contribution in [-0.4, -0.2) is 11.0 Å². The van der Waals surface area contributed by atoms with Crippen molar-refractivity contribution in [1.82, 2.24) is 0 Å². The second-order valence-electron chi connectivity index (χ2n) is 1.25. The first-order valence-electron chi connectivity index (χ1n) is 1.81. The van der Waals surface area contributed by atoms with Gasteiger partial charge in [0.2, 0.25) is 0 Å². The standard InChI is InChI=1S/C4H7OS/c1-3(5)4(2)6/h3H,1-2H3. The monoisotopic (exact) mass is 103 g/mol. The van der Waals surface area contributed by atoms with E-state index in [1.807, 2.05) is 0 Å². The van der Waals surface area contributed by atoms with Gasteiger partial charge < -0.3 is 0 Å². The molecular formula is C4H7OS. The maximum Gasteiger partial charge on any atom is 0.121 e. The van der Waals surface area contributed by atoms with Gasteiger partial charge in [0.25, 0.3) is 0 Å². The third-order valence-electron chi connectivity index (χ3n) is 0.572. The molecule has 0 heterocycles. The third-order valence-corrected chi connectivity index (χ3v) is 0.904. The van der Waals surface area contributed by atoms with Crippen molar-refractivity contribution in [3.05, 3.63) is 0 Å². The van der Waals surface area contributed by atoms with Crippen LogP contribution in [0.5, 0.6) is 0 Å². The van der Waals surface area contributed by atoms with Crippen LogP contribution in [0.2, 0.25) is 0 Å². The van der Waals surface area contributed by atoms with E-state index in [1.54, 1.807) is 13.8 Å². The van der Waals surface area contributed by atoms with Gasteiger partial charge in [0.1, 0.15) is 6.10 Å². The molecule has 0 fully saturated rings. The Balaban J connectivity index is 3.26. The van der Waals surface area contributed by atoms with Crippen LogP contribution < -0.4 is 0 Å². The molecule has 0 rings (SSSR count). The summed E-state index contributed by atoms with van der Waals surface area (Å²) < 4.78 is 0. The van der Waals surface area contributed by atoms with Crippen molar-refractivity contribution >= 4 is 17.1 Å². The van der Waals surface area contributed by atoms with Crippen molar-refractivity contribution in [2.24, 2.45) is 0 Å². The normalized spacial score (nSPS) is 13.8. The van der Waals surface area contributed by atoms with E-state index in [0.29, 0.717) is 4.86 Å². The molecule has 0 spiro atoms. The molecule has 0 N–H and O–H groups in total. The fraction of sp³-hybridized carbons (Fsp3) is 0.750. The first-order chi connectivity index (χ1) is 2.64. The van der Waals surface area contributed by atoms with Crippen molar-refractivity contribution in [1.29, 1.82) is 0 Å². The van der Waals surface area contributed by atoms with Crippen LogP contribution >= 0.6 is 12.2 Å². The number of rotatable bonds is 1. The molecule has 0 saturated heterocycles. The molecule has 0 saturated carbocycles. The summed E-state index contributed by atoms with van der Waals surface area (Å²) in [7, 11) is 0. The Bertz CT molecular complexity index is 58.6. The van der Waals surface area contributed by atoms with Gasteiger partial charge in [-0.15, -0.1) is 0 Å².